The Bertz CT molecular complexity index is 1370. The predicted molar refractivity (Wildman–Crippen MR) is 142 cm³/mol. The van der Waals surface area contributed by atoms with Crippen molar-refractivity contribution in [1.82, 2.24) is 24.8 Å². The van der Waals surface area contributed by atoms with E-state index in [9.17, 15) is 4.79 Å². The number of aryl methyl sites for hydroxylation is 1. The third-order valence-corrected chi connectivity index (χ3v) is 6.75. The summed E-state index contributed by atoms with van der Waals surface area (Å²) in [5.41, 5.74) is 4.65. The number of nitrogens with zero attached hydrogens (tertiary/aromatic N) is 4. The van der Waals surface area contributed by atoms with Gasteiger partial charge in [0.25, 0.3) is 0 Å². The van der Waals surface area contributed by atoms with Crippen LogP contribution in [-0.2, 0) is 11.3 Å². The Morgan fingerprint density at radius 1 is 1.08 bits per heavy atom. The number of ether oxygens (including phenoxy) is 1. The first-order valence-corrected chi connectivity index (χ1v) is 12.7. The molecule has 188 valence electrons. The summed E-state index contributed by atoms with van der Waals surface area (Å²) in [6.07, 6.45) is 8.57. The molecule has 5 rings (SSSR count). The monoisotopic (exact) mass is 487 g/mol. The lowest BCUT2D eigenvalue weighted by Gasteiger charge is -2.20. The SMILES string of the molecule is COc1ccc(CNc2cnc3ccc(NCCCN4CCCCCC4=O)nc3n2)c2c(C)c[nH]c12. The largest absolute Gasteiger partial charge is 0.495 e. The van der Waals surface area contributed by atoms with E-state index < -0.39 is 0 Å². The van der Waals surface area contributed by atoms with Gasteiger partial charge in [0.05, 0.1) is 18.8 Å². The number of carbonyl (C=O) groups excluding carboxylic acids is 1. The topological polar surface area (TPSA) is 108 Å². The molecule has 0 radical (unpaired) electrons. The number of H-pyrrole nitrogens is 1. The number of aromatic amines is 1. The van der Waals surface area contributed by atoms with Crippen molar-refractivity contribution >= 4 is 39.6 Å². The van der Waals surface area contributed by atoms with Gasteiger partial charge in [-0.15, -0.1) is 0 Å². The van der Waals surface area contributed by atoms with Gasteiger partial charge in [-0.3, -0.25) is 4.79 Å². The van der Waals surface area contributed by atoms with Crippen molar-refractivity contribution in [2.45, 2.75) is 45.6 Å². The van der Waals surface area contributed by atoms with Crippen molar-refractivity contribution < 1.29 is 9.53 Å². The Labute approximate surface area is 210 Å². The fourth-order valence-corrected chi connectivity index (χ4v) is 4.82. The molecule has 0 saturated carbocycles. The summed E-state index contributed by atoms with van der Waals surface area (Å²) >= 11 is 0. The van der Waals surface area contributed by atoms with Crippen LogP contribution in [0.25, 0.3) is 22.1 Å². The van der Waals surface area contributed by atoms with Gasteiger partial charge in [0.15, 0.2) is 5.65 Å². The number of anilines is 2. The van der Waals surface area contributed by atoms with E-state index in [2.05, 4.69) is 43.6 Å². The maximum atomic E-state index is 12.2. The molecule has 4 heterocycles. The summed E-state index contributed by atoms with van der Waals surface area (Å²) in [7, 11) is 1.68. The van der Waals surface area contributed by atoms with E-state index in [0.29, 0.717) is 24.4 Å². The van der Waals surface area contributed by atoms with Gasteiger partial charge in [-0.2, -0.15) is 0 Å². The van der Waals surface area contributed by atoms with E-state index in [4.69, 9.17) is 4.74 Å². The van der Waals surface area contributed by atoms with Gasteiger partial charge < -0.3 is 25.3 Å². The van der Waals surface area contributed by atoms with Crippen molar-refractivity contribution in [3.63, 3.8) is 0 Å². The quantitative estimate of drug-likeness (QED) is 0.295. The maximum Gasteiger partial charge on any atom is 0.222 e. The first-order valence-electron chi connectivity index (χ1n) is 12.7. The highest BCUT2D eigenvalue weighted by atomic mass is 16.5. The van der Waals surface area contributed by atoms with Crippen molar-refractivity contribution in [2.24, 2.45) is 0 Å². The molecule has 4 aromatic rings. The minimum absolute atomic E-state index is 0.286. The molecule has 1 saturated heterocycles. The zero-order valence-corrected chi connectivity index (χ0v) is 20.9. The number of hydrogen-bond acceptors (Lipinski definition) is 7. The fourth-order valence-electron chi connectivity index (χ4n) is 4.82. The Balaban J connectivity index is 1.22. The molecule has 1 aliphatic rings. The van der Waals surface area contributed by atoms with Crippen molar-refractivity contribution in [3.05, 3.63) is 47.8 Å². The minimum Gasteiger partial charge on any atom is -0.495 e. The lowest BCUT2D eigenvalue weighted by molar-refractivity contribution is -0.130. The predicted octanol–water partition coefficient (Wildman–Crippen LogP) is 4.64. The second-order valence-electron chi connectivity index (χ2n) is 9.27. The van der Waals surface area contributed by atoms with Crippen LogP contribution in [0.4, 0.5) is 11.6 Å². The third-order valence-electron chi connectivity index (χ3n) is 6.75. The average Bonchev–Trinajstić information content (AvgIpc) is 3.17. The van der Waals surface area contributed by atoms with Gasteiger partial charge >= 0.3 is 0 Å². The molecule has 3 N–H and O–H groups in total. The van der Waals surface area contributed by atoms with Gasteiger partial charge in [-0.25, -0.2) is 15.0 Å². The van der Waals surface area contributed by atoms with Gasteiger partial charge in [0, 0.05) is 44.2 Å². The zero-order valence-electron chi connectivity index (χ0n) is 20.9. The highest BCUT2D eigenvalue weighted by Crippen LogP contribution is 2.30. The maximum absolute atomic E-state index is 12.2. The molecule has 1 aliphatic heterocycles. The molecule has 9 nitrogen and oxygen atoms in total. The fraction of sp³-hybridized carbons (Fsp3) is 0.407. The van der Waals surface area contributed by atoms with Crippen LogP contribution >= 0.6 is 0 Å². The number of aromatic nitrogens is 4. The zero-order chi connectivity index (χ0) is 24.9. The van der Waals surface area contributed by atoms with E-state index in [1.54, 1.807) is 13.3 Å². The highest BCUT2D eigenvalue weighted by molar-refractivity contribution is 5.91. The smallest absolute Gasteiger partial charge is 0.222 e. The number of pyridine rings is 1. The van der Waals surface area contributed by atoms with Crippen LogP contribution in [-0.4, -0.2) is 57.5 Å². The van der Waals surface area contributed by atoms with E-state index >= 15 is 0 Å². The normalized spacial score (nSPS) is 14.3. The second kappa shape index (κ2) is 10.8. The molecule has 3 aromatic heterocycles. The molecule has 0 atom stereocenters. The Morgan fingerprint density at radius 2 is 1.97 bits per heavy atom. The molecule has 1 amide bonds. The van der Waals surface area contributed by atoms with E-state index in [1.807, 2.05) is 29.3 Å². The minimum atomic E-state index is 0.286. The van der Waals surface area contributed by atoms with Crippen LogP contribution in [0.5, 0.6) is 5.75 Å². The highest BCUT2D eigenvalue weighted by Gasteiger charge is 2.16. The number of fused-ring (bicyclic) bond motifs is 2. The lowest BCUT2D eigenvalue weighted by Crippen LogP contribution is -2.32. The lowest BCUT2D eigenvalue weighted by atomic mass is 10.1. The van der Waals surface area contributed by atoms with Crippen molar-refractivity contribution in [1.29, 1.82) is 0 Å². The molecule has 36 heavy (non-hydrogen) atoms. The molecule has 0 spiro atoms. The number of nitrogens with one attached hydrogen (secondary N) is 3. The summed E-state index contributed by atoms with van der Waals surface area (Å²) in [6, 6.07) is 7.90. The summed E-state index contributed by atoms with van der Waals surface area (Å²) in [4.78, 5) is 31.3. The van der Waals surface area contributed by atoms with Crippen LogP contribution in [0.2, 0.25) is 0 Å². The number of carbonyl (C=O) groups is 1. The van der Waals surface area contributed by atoms with Crippen LogP contribution in [0.1, 0.15) is 43.2 Å². The summed E-state index contributed by atoms with van der Waals surface area (Å²) in [6.45, 7) is 5.10. The molecule has 0 bridgehead atoms. The van der Waals surface area contributed by atoms with Crippen LogP contribution in [0, 0.1) is 6.92 Å². The number of likely N-dealkylation sites (tertiary alicyclic amines) is 1. The van der Waals surface area contributed by atoms with Crippen molar-refractivity contribution in [2.75, 3.05) is 37.4 Å². The van der Waals surface area contributed by atoms with E-state index in [1.165, 1.54) is 5.56 Å². The molecule has 1 fully saturated rings. The van der Waals surface area contributed by atoms with Gasteiger partial charge in [0.1, 0.15) is 22.9 Å². The Kier molecular flexibility index (Phi) is 7.16. The van der Waals surface area contributed by atoms with E-state index in [-0.39, 0.29) is 5.91 Å². The molecular weight excluding hydrogens is 454 g/mol. The van der Waals surface area contributed by atoms with E-state index in [0.717, 1.165) is 78.9 Å². The van der Waals surface area contributed by atoms with Gasteiger partial charge in [-0.1, -0.05) is 12.5 Å². The average molecular weight is 488 g/mol. The molecule has 0 aliphatic carbocycles. The standard InChI is InChI=1S/C27H33N7O2/c1-18-15-31-26-21(36-2)10-8-19(25(18)26)16-30-23-17-29-20-9-11-22(32-27(20)33-23)28-12-6-14-34-13-5-3-4-7-24(34)35/h8-11,15,17,31H,3-7,12-14,16H2,1-2H3,(H2,28,30,32,33). The Morgan fingerprint density at radius 3 is 2.86 bits per heavy atom. The number of benzene rings is 1. The Hall–Kier alpha value is -3.88. The third kappa shape index (κ3) is 5.19. The van der Waals surface area contributed by atoms with Crippen molar-refractivity contribution in [3.8, 4) is 5.75 Å². The number of rotatable bonds is 9. The number of methoxy groups -OCH3 is 1. The number of hydrogen-bond donors (Lipinski definition) is 3. The molecule has 1 aromatic carbocycles. The van der Waals surface area contributed by atoms with Crippen LogP contribution in [0.15, 0.2) is 36.7 Å². The van der Waals surface area contributed by atoms with Crippen LogP contribution < -0.4 is 15.4 Å². The first kappa shape index (κ1) is 23.8. The number of amides is 1. The van der Waals surface area contributed by atoms with Gasteiger partial charge in [0.2, 0.25) is 5.91 Å². The summed E-state index contributed by atoms with van der Waals surface area (Å²) in [5, 5.41) is 7.91. The molecule has 9 heteroatoms. The second-order valence-corrected chi connectivity index (χ2v) is 9.27. The summed E-state index contributed by atoms with van der Waals surface area (Å²) in [5.74, 6) is 2.54. The summed E-state index contributed by atoms with van der Waals surface area (Å²) < 4.78 is 5.49. The van der Waals surface area contributed by atoms with Gasteiger partial charge in [-0.05, 0) is 55.5 Å². The first-order chi connectivity index (χ1) is 17.6. The molecule has 0 unspecified atom stereocenters. The molecular formula is C27H33N7O2. The van der Waals surface area contributed by atoms with Crippen LogP contribution in [0.3, 0.4) is 0 Å².